The Hall–Kier alpha value is -1.36. The van der Waals surface area contributed by atoms with E-state index in [2.05, 4.69) is 9.47 Å². The predicted octanol–water partition coefficient (Wildman–Crippen LogP) is 4.08. The third kappa shape index (κ3) is 1.50. The highest BCUT2D eigenvalue weighted by molar-refractivity contribution is 6.66. The molecule has 0 amide bonds. The Bertz CT molecular complexity index is 638. The van der Waals surface area contributed by atoms with E-state index >= 15 is 0 Å². The molecule has 3 nitrogen and oxygen atoms in total. The molecular weight excluding hydrogens is 302 g/mol. The van der Waals surface area contributed by atoms with Gasteiger partial charge in [0.15, 0.2) is 11.5 Å². The maximum absolute atomic E-state index is 13.1. The Morgan fingerprint density at radius 2 is 1.57 bits per heavy atom. The molecule has 1 fully saturated rings. The predicted molar refractivity (Wildman–Crippen MR) is 72.7 cm³/mol. The van der Waals surface area contributed by atoms with Crippen molar-refractivity contribution in [1.82, 2.24) is 0 Å². The summed E-state index contributed by atoms with van der Waals surface area (Å²) >= 11 is 5.88. The zero-order valence-corrected chi connectivity index (χ0v) is 12.8. The molecule has 0 radical (unpaired) electrons. The Morgan fingerprint density at radius 1 is 1.05 bits per heavy atom. The van der Waals surface area contributed by atoms with Crippen LogP contribution in [-0.4, -0.2) is 11.5 Å². The standard InChI is InChI=1S/C15H15ClF2O3/c1-12(2)13(3,4)14(12,11(16)19)8-5-6-9-10(7-8)21-15(17,18)20-9/h5-7H,1-4H3. The van der Waals surface area contributed by atoms with Gasteiger partial charge in [-0.05, 0) is 40.1 Å². The van der Waals surface area contributed by atoms with Crippen LogP contribution in [0.25, 0.3) is 0 Å². The van der Waals surface area contributed by atoms with E-state index in [0.29, 0.717) is 5.56 Å². The number of alkyl halides is 2. The maximum atomic E-state index is 13.1. The Morgan fingerprint density at radius 3 is 2.05 bits per heavy atom. The fourth-order valence-electron chi connectivity index (χ4n) is 3.82. The number of carbonyl (C=O) groups is 1. The number of carbonyl (C=O) groups excluding carboxylic acids is 1. The number of benzene rings is 1. The molecule has 1 aliphatic carbocycles. The maximum Gasteiger partial charge on any atom is 0.586 e. The van der Waals surface area contributed by atoms with Gasteiger partial charge in [0.25, 0.3) is 0 Å². The number of hydrogen-bond acceptors (Lipinski definition) is 3. The molecule has 0 aromatic heterocycles. The molecule has 2 aliphatic rings. The van der Waals surface area contributed by atoms with Crippen LogP contribution in [0.15, 0.2) is 18.2 Å². The van der Waals surface area contributed by atoms with E-state index in [0.717, 1.165) is 0 Å². The summed E-state index contributed by atoms with van der Waals surface area (Å²) in [7, 11) is 0. The molecule has 114 valence electrons. The van der Waals surface area contributed by atoms with Crippen molar-refractivity contribution in [3.05, 3.63) is 23.8 Å². The van der Waals surface area contributed by atoms with Gasteiger partial charge in [0.05, 0.1) is 5.41 Å². The molecule has 1 saturated carbocycles. The largest absolute Gasteiger partial charge is 0.586 e. The van der Waals surface area contributed by atoms with E-state index in [1.165, 1.54) is 12.1 Å². The number of rotatable bonds is 2. The SMILES string of the molecule is CC1(C)C(C)(C)C1(C(=O)Cl)c1ccc2c(c1)OC(F)(F)O2. The molecule has 21 heavy (non-hydrogen) atoms. The van der Waals surface area contributed by atoms with Crippen LogP contribution in [0.1, 0.15) is 33.3 Å². The molecule has 1 heterocycles. The molecule has 6 heteroatoms. The second-order valence-corrected chi connectivity index (χ2v) is 6.95. The zero-order valence-electron chi connectivity index (χ0n) is 12.1. The number of fused-ring (bicyclic) bond motifs is 1. The molecule has 0 unspecified atom stereocenters. The van der Waals surface area contributed by atoms with E-state index in [1.807, 2.05) is 27.7 Å². The molecule has 0 bridgehead atoms. The minimum atomic E-state index is -3.67. The van der Waals surface area contributed by atoms with Gasteiger partial charge in [0, 0.05) is 0 Å². The Balaban J connectivity index is 2.13. The molecule has 1 aromatic carbocycles. The van der Waals surface area contributed by atoms with Gasteiger partial charge in [-0.25, -0.2) is 0 Å². The summed E-state index contributed by atoms with van der Waals surface area (Å²) in [6, 6.07) is 4.41. The van der Waals surface area contributed by atoms with Gasteiger partial charge in [-0.3, -0.25) is 4.79 Å². The summed E-state index contributed by atoms with van der Waals surface area (Å²) in [6.45, 7) is 7.75. The first-order valence-corrected chi connectivity index (χ1v) is 6.95. The number of hydrogen-bond donors (Lipinski definition) is 0. The van der Waals surface area contributed by atoms with Gasteiger partial charge in [-0.1, -0.05) is 33.8 Å². The average molecular weight is 317 g/mol. The second kappa shape index (κ2) is 3.69. The molecule has 0 N–H and O–H groups in total. The van der Waals surface area contributed by atoms with E-state index in [9.17, 15) is 13.6 Å². The topological polar surface area (TPSA) is 35.5 Å². The van der Waals surface area contributed by atoms with Gasteiger partial charge in [0.1, 0.15) is 0 Å². The Kier molecular flexibility index (Phi) is 2.56. The molecule has 0 atom stereocenters. The normalized spacial score (nSPS) is 25.5. The molecule has 0 spiro atoms. The quantitative estimate of drug-likeness (QED) is 0.771. The summed E-state index contributed by atoms with van der Waals surface area (Å²) in [6.07, 6.45) is -3.67. The second-order valence-electron chi connectivity index (χ2n) is 6.60. The zero-order chi connectivity index (χ0) is 15.8. The molecule has 1 aromatic rings. The number of ether oxygens (including phenoxy) is 2. The first-order valence-electron chi connectivity index (χ1n) is 6.58. The molecule has 3 rings (SSSR count). The van der Waals surface area contributed by atoms with Crippen molar-refractivity contribution in [2.45, 2.75) is 39.4 Å². The smallest absolute Gasteiger partial charge is 0.395 e. The van der Waals surface area contributed by atoms with Gasteiger partial charge in [-0.15, -0.1) is 8.78 Å². The van der Waals surface area contributed by atoms with Crippen LogP contribution < -0.4 is 9.47 Å². The fourth-order valence-corrected chi connectivity index (χ4v) is 4.40. The van der Waals surface area contributed by atoms with Crippen molar-refractivity contribution in [3.63, 3.8) is 0 Å². The molecule has 0 saturated heterocycles. The average Bonchev–Trinajstić information content (AvgIpc) is 2.57. The van der Waals surface area contributed by atoms with Crippen LogP contribution in [0.4, 0.5) is 8.78 Å². The van der Waals surface area contributed by atoms with Crippen molar-refractivity contribution < 1.29 is 23.0 Å². The summed E-state index contributed by atoms with van der Waals surface area (Å²) in [5.41, 5.74) is -1.15. The lowest BCUT2D eigenvalue weighted by Crippen LogP contribution is -2.26. The summed E-state index contributed by atoms with van der Waals surface area (Å²) in [5.74, 6) is -0.120. The molecular formula is C15H15ClF2O3. The van der Waals surface area contributed by atoms with Crippen molar-refractivity contribution in [1.29, 1.82) is 0 Å². The highest BCUT2D eigenvalue weighted by atomic mass is 35.5. The van der Waals surface area contributed by atoms with Crippen LogP contribution in [0.5, 0.6) is 11.5 Å². The van der Waals surface area contributed by atoms with E-state index < -0.39 is 27.8 Å². The highest BCUT2D eigenvalue weighted by Gasteiger charge is 2.81. The van der Waals surface area contributed by atoms with Crippen molar-refractivity contribution in [3.8, 4) is 11.5 Å². The fraction of sp³-hybridized carbons (Fsp3) is 0.533. The van der Waals surface area contributed by atoms with E-state index in [1.54, 1.807) is 6.07 Å². The van der Waals surface area contributed by atoms with Crippen LogP contribution in [-0.2, 0) is 10.2 Å². The first kappa shape index (κ1) is 14.6. The van der Waals surface area contributed by atoms with E-state index in [-0.39, 0.29) is 11.5 Å². The third-order valence-corrected chi connectivity index (χ3v) is 5.79. The van der Waals surface area contributed by atoms with Crippen molar-refractivity contribution in [2.75, 3.05) is 0 Å². The minimum absolute atomic E-state index is 0.0443. The van der Waals surface area contributed by atoms with Crippen molar-refractivity contribution in [2.24, 2.45) is 10.8 Å². The first-order chi connectivity index (χ1) is 9.47. The lowest BCUT2D eigenvalue weighted by Gasteiger charge is -2.18. The van der Waals surface area contributed by atoms with Gasteiger partial charge >= 0.3 is 6.29 Å². The van der Waals surface area contributed by atoms with Gasteiger partial charge in [0.2, 0.25) is 5.24 Å². The van der Waals surface area contributed by atoms with Crippen LogP contribution >= 0.6 is 11.6 Å². The third-order valence-electron chi connectivity index (χ3n) is 5.50. The monoisotopic (exact) mass is 316 g/mol. The number of halogens is 3. The summed E-state index contributed by atoms with van der Waals surface area (Å²) in [4.78, 5) is 12.1. The van der Waals surface area contributed by atoms with E-state index in [4.69, 9.17) is 11.6 Å². The minimum Gasteiger partial charge on any atom is -0.395 e. The highest BCUT2D eigenvalue weighted by Crippen LogP contribution is 2.78. The van der Waals surface area contributed by atoms with Crippen molar-refractivity contribution >= 4 is 16.8 Å². The summed E-state index contributed by atoms with van der Waals surface area (Å²) in [5, 5.41) is -0.497. The van der Waals surface area contributed by atoms with Crippen LogP contribution in [0.3, 0.4) is 0 Å². The molecule has 1 aliphatic heterocycles. The van der Waals surface area contributed by atoms with Gasteiger partial charge < -0.3 is 9.47 Å². The summed E-state index contributed by atoms with van der Waals surface area (Å²) < 4.78 is 35.0. The van der Waals surface area contributed by atoms with Crippen LogP contribution in [0, 0.1) is 10.8 Å². The van der Waals surface area contributed by atoms with Gasteiger partial charge in [-0.2, -0.15) is 0 Å². The lowest BCUT2D eigenvalue weighted by atomic mass is 9.87. The van der Waals surface area contributed by atoms with Crippen LogP contribution in [0.2, 0.25) is 0 Å². The lowest BCUT2D eigenvalue weighted by molar-refractivity contribution is -0.286. The Labute approximate surface area is 126 Å².